The molecule has 0 amide bonds. The van der Waals surface area contributed by atoms with Gasteiger partial charge in [-0.25, -0.2) is 0 Å². The SMILES string of the molecule is C#CC(=C)C(O)C1c2ccc(OC)cc2-c2cc(OC)ccc21. The van der Waals surface area contributed by atoms with E-state index >= 15 is 0 Å². The molecule has 3 rings (SSSR count). The molecule has 0 fully saturated rings. The largest absolute Gasteiger partial charge is 0.497 e. The number of aliphatic hydroxyl groups is 1. The first-order chi connectivity index (χ1) is 11.1. The minimum atomic E-state index is -0.832. The Morgan fingerprint density at radius 3 is 1.96 bits per heavy atom. The van der Waals surface area contributed by atoms with Gasteiger partial charge in [0.15, 0.2) is 0 Å². The standard InChI is InChI=1S/C20H18O3/c1-5-12(2)20(21)19-15-8-6-13(22-3)10-17(15)18-11-14(23-4)7-9-16(18)19/h1,6-11,19-21H,2H2,3-4H3. The number of rotatable bonds is 4. The number of aliphatic hydroxyl groups excluding tert-OH is 1. The Kier molecular flexibility index (Phi) is 3.85. The summed E-state index contributed by atoms with van der Waals surface area (Å²) in [5, 5.41) is 10.7. The molecular weight excluding hydrogens is 288 g/mol. The Labute approximate surface area is 136 Å². The molecule has 3 heteroatoms. The van der Waals surface area contributed by atoms with Crippen molar-refractivity contribution in [2.45, 2.75) is 12.0 Å². The van der Waals surface area contributed by atoms with Gasteiger partial charge >= 0.3 is 0 Å². The first kappa shape index (κ1) is 15.2. The quantitative estimate of drug-likeness (QED) is 0.880. The lowest BCUT2D eigenvalue weighted by Crippen LogP contribution is -2.19. The molecule has 2 aromatic carbocycles. The van der Waals surface area contributed by atoms with Crippen LogP contribution in [0.4, 0.5) is 0 Å². The van der Waals surface area contributed by atoms with Crippen molar-refractivity contribution < 1.29 is 14.6 Å². The minimum absolute atomic E-state index is 0.236. The molecule has 1 unspecified atom stereocenters. The van der Waals surface area contributed by atoms with Gasteiger partial charge in [0.2, 0.25) is 0 Å². The molecule has 116 valence electrons. The Morgan fingerprint density at radius 1 is 1.09 bits per heavy atom. The van der Waals surface area contributed by atoms with Gasteiger partial charge in [-0.1, -0.05) is 24.6 Å². The van der Waals surface area contributed by atoms with Gasteiger partial charge in [0.1, 0.15) is 11.5 Å². The van der Waals surface area contributed by atoms with Crippen LogP contribution in [-0.2, 0) is 0 Å². The molecule has 0 aliphatic heterocycles. The second-order valence-corrected chi connectivity index (χ2v) is 5.50. The van der Waals surface area contributed by atoms with E-state index in [1.165, 1.54) is 0 Å². The summed E-state index contributed by atoms with van der Waals surface area (Å²) >= 11 is 0. The van der Waals surface area contributed by atoms with Crippen molar-refractivity contribution >= 4 is 0 Å². The van der Waals surface area contributed by atoms with E-state index < -0.39 is 6.10 Å². The molecule has 0 aromatic heterocycles. The summed E-state index contributed by atoms with van der Waals surface area (Å²) < 4.78 is 10.7. The molecule has 0 bridgehead atoms. The molecule has 1 aliphatic carbocycles. The van der Waals surface area contributed by atoms with E-state index in [4.69, 9.17) is 15.9 Å². The molecule has 2 aromatic rings. The van der Waals surface area contributed by atoms with E-state index in [2.05, 4.69) is 12.5 Å². The Bertz CT molecular complexity index is 761. The summed E-state index contributed by atoms with van der Waals surface area (Å²) in [6.45, 7) is 3.80. The van der Waals surface area contributed by atoms with Crippen molar-refractivity contribution in [3.63, 3.8) is 0 Å². The fraction of sp³-hybridized carbons (Fsp3) is 0.200. The third-order valence-electron chi connectivity index (χ3n) is 4.34. The highest BCUT2D eigenvalue weighted by Gasteiger charge is 2.35. The van der Waals surface area contributed by atoms with E-state index in [9.17, 15) is 5.11 Å². The molecule has 0 saturated heterocycles. The van der Waals surface area contributed by atoms with E-state index in [-0.39, 0.29) is 5.92 Å². The van der Waals surface area contributed by atoms with E-state index in [0.29, 0.717) is 5.57 Å². The van der Waals surface area contributed by atoms with Crippen LogP contribution in [0.15, 0.2) is 48.6 Å². The number of hydrogen-bond acceptors (Lipinski definition) is 3. The average Bonchev–Trinajstić information content (AvgIpc) is 2.92. The average molecular weight is 306 g/mol. The molecule has 1 atom stereocenters. The lowest BCUT2D eigenvalue weighted by Gasteiger charge is -2.20. The monoisotopic (exact) mass is 306 g/mol. The molecule has 0 spiro atoms. The molecule has 1 aliphatic rings. The summed E-state index contributed by atoms with van der Waals surface area (Å²) in [5.74, 6) is 3.75. The molecule has 0 heterocycles. The third-order valence-corrected chi connectivity index (χ3v) is 4.34. The van der Waals surface area contributed by atoms with Crippen LogP contribution in [0.5, 0.6) is 11.5 Å². The lowest BCUT2D eigenvalue weighted by molar-refractivity contribution is 0.199. The van der Waals surface area contributed by atoms with E-state index in [0.717, 1.165) is 33.8 Å². The molecule has 3 nitrogen and oxygen atoms in total. The number of hydrogen-bond donors (Lipinski definition) is 1. The zero-order valence-corrected chi connectivity index (χ0v) is 13.2. The Hall–Kier alpha value is -2.70. The maximum Gasteiger partial charge on any atom is 0.119 e. The summed E-state index contributed by atoms with van der Waals surface area (Å²) in [7, 11) is 3.27. The maximum atomic E-state index is 10.7. The van der Waals surface area contributed by atoms with Crippen LogP contribution in [0.3, 0.4) is 0 Å². The second-order valence-electron chi connectivity index (χ2n) is 5.50. The highest BCUT2D eigenvalue weighted by Crippen LogP contribution is 2.49. The Morgan fingerprint density at radius 2 is 1.57 bits per heavy atom. The van der Waals surface area contributed by atoms with E-state index in [1.54, 1.807) is 14.2 Å². The van der Waals surface area contributed by atoms with Gasteiger partial charge in [0, 0.05) is 11.5 Å². The van der Waals surface area contributed by atoms with Crippen molar-refractivity contribution in [2.24, 2.45) is 0 Å². The lowest BCUT2D eigenvalue weighted by atomic mass is 9.88. The molecular formula is C20H18O3. The molecule has 1 N–H and O–H groups in total. The third kappa shape index (κ3) is 2.38. The predicted molar refractivity (Wildman–Crippen MR) is 90.8 cm³/mol. The van der Waals surface area contributed by atoms with Crippen LogP contribution in [0, 0.1) is 12.3 Å². The maximum absolute atomic E-state index is 10.7. The van der Waals surface area contributed by atoms with Crippen molar-refractivity contribution in [1.82, 2.24) is 0 Å². The second kappa shape index (κ2) is 5.83. The minimum Gasteiger partial charge on any atom is -0.497 e. The Balaban J connectivity index is 2.22. The summed E-state index contributed by atoms with van der Waals surface area (Å²) in [4.78, 5) is 0. The van der Waals surface area contributed by atoms with Crippen LogP contribution in [0.25, 0.3) is 11.1 Å². The fourth-order valence-corrected chi connectivity index (χ4v) is 3.13. The van der Waals surface area contributed by atoms with Crippen LogP contribution in [-0.4, -0.2) is 25.4 Å². The van der Waals surface area contributed by atoms with Crippen molar-refractivity contribution in [2.75, 3.05) is 14.2 Å². The van der Waals surface area contributed by atoms with Gasteiger partial charge in [-0.05, 0) is 46.5 Å². The van der Waals surface area contributed by atoms with Crippen molar-refractivity contribution in [1.29, 1.82) is 0 Å². The zero-order valence-electron chi connectivity index (χ0n) is 13.2. The first-order valence-electron chi connectivity index (χ1n) is 7.30. The number of ether oxygens (including phenoxy) is 2. The molecule has 0 radical (unpaired) electrons. The number of terminal acetylenes is 1. The molecule has 23 heavy (non-hydrogen) atoms. The zero-order chi connectivity index (χ0) is 16.6. The van der Waals surface area contributed by atoms with Crippen LogP contribution >= 0.6 is 0 Å². The number of fused-ring (bicyclic) bond motifs is 3. The topological polar surface area (TPSA) is 38.7 Å². The van der Waals surface area contributed by atoms with E-state index in [1.807, 2.05) is 36.4 Å². The summed E-state index contributed by atoms with van der Waals surface area (Å²) in [5.41, 5.74) is 4.44. The highest BCUT2D eigenvalue weighted by molar-refractivity contribution is 5.81. The fourth-order valence-electron chi connectivity index (χ4n) is 3.13. The van der Waals surface area contributed by atoms with Crippen molar-refractivity contribution in [3.05, 3.63) is 59.7 Å². The normalized spacial score (nSPS) is 13.7. The number of methoxy groups -OCH3 is 2. The van der Waals surface area contributed by atoms with Gasteiger partial charge in [-0.3, -0.25) is 0 Å². The number of benzene rings is 2. The van der Waals surface area contributed by atoms with Crippen molar-refractivity contribution in [3.8, 4) is 35.0 Å². The van der Waals surface area contributed by atoms with Gasteiger partial charge in [-0.15, -0.1) is 6.42 Å². The van der Waals surface area contributed by atoms with Gasteiger partial charge in [0.05, 0.1) is 20.3 Å². The van der Waals surface area contributed by atoms with Crippen LogP contribution in [0.2, 0.25) is 0 Å². The van der Waals surface area contributed by atoms with Gasteiger partial charge in [0.25, 0.3) is 0 Å². The smallest absolute Gasteiger partial charge is 0.119 e. The van der Waals surface area contributed by atoms with Gasteiger partial charge in [-0.2, -0.15) is 0 Å². The summed E-state index contributed by atoms with van der Waals surface area (Å²) in [6, 6.07) is 11.7. The predicted octanol–water partition coefficient (Wildman–Crippen LogP) is 3.37. The van der Waals surface area contributed by atoms with Gasteiger partial charge < -0.3 is 14.6 Å². The van der Waals surface area contributed by atoms with Crippen LogP contribution in [0.1, 0.15) is 17.0 Å². The first-order valence-corrected chi connectivity index (χ1v) is 7.30. The summed E-state index contributed by atoms with van der Waals surface area (Å²) in [6.07, 6.45) is 4.59. The molecule has 0 saturated carbocycles. The highest BCUT2D eigenvalue weighted by atomic mass is 16.5. The van der Waals surface area contributed by atoms with Crippen LogP contribution < -0.4 is 9.47 Å².